The van der Waals surface area contributed by atoms with Crippen molar-refractivity contribution in [3.05, 3.63) is 54.6 Å². The summed E-state index contributed by atoms with van der Waals surface area (Å²) in [6.07, 6.45) is 2.01. The molecular formula is C13H14MgO3S. The van der Waals surface area contributed by atoms with E-state index in [1.165, 1.54) is 0 Å². The summed E-state index contributed by atoms with van der Waals surface area (Å²) in [7, 11) is -4.23. The standard InChI is InChI=1S/C13H12O3S.Mg.2H/c1-2-5-11-9-8-10-6-3-4-7-12(10)13(11)17(14,15)16;;;/h2-4,6-9H,1,5H2,(H,14,15,16);;;/q;+2;2*-1. The summed E-state index contributed by atoms with van der Waals surface area (Å²) < 4.78 is 32.3. The van der Waals surface area contributed by atoms with Gasteiger partial charge in [-0.05, 0) is 17.4 Å². The second-order valence-electron chi connectivity index (χ2n) is 3.74. The van der Waals surface area contributed by atoms with Gasteiger partial charge in [0.1, 0.15) is 4.90 Å². The van der Waals surface area contributed by atoms with Crippen LogP contribution in [0.5, 0.6) is 0 Å². The molecule has 0 heterocycles. The average molecular weight is 275 g/mol. The zero-order chi connectivity index (χ0) is 12.5. The molecule has 0 saturated carbocycles. The molecule has 92 valence electrons. The third-order valence-corrected chi connectivity index (χ3v) is 3.58. The number of hydrogen-bond donors (Lipinski definition) is 1. The van der Waals surface area contributed by atoms with Crippen LogP contribution in [0.1, 0.15) is 8.42 Å². The first-order valence-electron chi connectivity index (χ1n) is 5.13. The molecule has 1 N–H and O–H groups in total. The molecule has 0 radical (unpaired) electrons. The fraction of sp³-hybridized carbons (Fsp3) is 0.0769. The zero-order valence-corrected chi connectivity index (χ0v) is 12.1. The summed E-state index contributed by atoms with van der Waals surface area (Å²) in [5.74, 6) is 0. The Bertz CT molecular complexity index is 687. The summed E-state index contributed by atoms with van der Waals surface area (Å²) in [6.45, 7) is 3.58. The van der Waals surface area contributed by atoms with E-state index in [1.54, 1.807) is 24.3 Å². The summed E-state index contributed by atoms with van der Waals surface area (Å²) in [5.41, 5.74) is 0.557. The van der Waals surface area contributed by atoms with Crippen molar-refractivity contribution in [2.75, 3.05) is 0 Å². The number of allylic oxidation sites excluding steroid dienone is 1. The van der Waals surface area contributed by atoms with Crippen LogP contribution in [0.25, 0.3) is 10.8 Å². The minimum atomic E-state index is -4.23. The van der Waals surface area contributed by atoms with Gasteiger partial charge in [-0.2, -0.15) is 8.42 Å². The van der Waals surface area contributed by atoms with Crippen molar-refractivity contribution in [2.45, 2.75) is 11.3 Å². The summed E-state index contributed by atoms with van der Waals surface area (Å²) in [5, 5.41) is 1.32. The second kappa shape index (κ2) is 5.84. The van der Waals surface area contributed by atoms with Crippen LogP contribution in [-0.4, -0.2) is 36.0 Å². The fourth-order valence-corrected chi connectivity index (χ4v) is 2.86. The van der Waals surface area contributed by atoms with Gasteiger partial charge in [-0.15, -0.1) is 6.58 Å². The molecule has 0 amide bonds. The van der Waals surface area contributed by atoms with Crippen molar-refractivity contribution < 1.29 is 15.8 Å². The maximum Gasteiger partial charge on any atom is 2.00 e. The maximum absolute atomic E-state index is 11.5. The van der Waals surface area contributed by atoms with Crippen LogP contribution in [0, 0.1) is 0 Å². The molecule has 0 bridgehead atoms. The first-order chi connectivity index (χ1) is 8.04. The first-order valence-corrected chi connectivity index (χ1v) is 6.57. The third kappa shape index (κ3) is 2.92. The molecule has 0 aliphatic heterocycles. The van der Waals surface area contributed by atoms with Crippen molar-refractivity contribution in [1.82, 2.24) is 0 Å². The summed E-state index contributed by atoms with van der Waals surface area (Å²) in [4.78, 5) is -0.0181. The van der Waals surface area contributed by atoms with Crippen LogP contribution in [0.2, 0.25) is 0 Å². The van der Waals surface area contributed by atoms with Gasteiger partial charge in [0.2, 0.25) is 0 Å². The van der Waals surface area contributed by atoms with Gasteiger partial charge in [0.05, 0.1) is 0 Å². The van der Waals surface area contributed by atoms with Gasteiger partial charge in [-0.25, -0.2) is 0 Å². The Morgan fingerprint density at radius 1 is 1.22 bits per heavy atom. The minimum absolute atomic E-state index is 0. The van der Waals surface area contributed by atoms with Crippen molar-refractivity contribution in [1.29, 1.82) is 0 Å². The van der Waals surface area contributed by atoms with Crippen molar-refractivity contribution in [2.24, 2.45) is 0 Å². The van der Waals surface area contributed by atoms with Gasteiger partial charge < -0.3 is 2.85 Å². The largest absolute Gasteiger partial charge is 2.00 e. The molecule has 0 aromatic heterocycles. The zero-order valence-electron chi connectivity index (χ0n) is 11.8. The maximum atomic E-state index is 11.5. The summed E-state index contributed by atoms with van der Waals surface area (Å²) in [6, 6.07) is 10.6. The Morgan fingerprint density at radius 2 is 1.89 bits per heavy atom. The van der Waals surface area contributed by atoms with E-state index in [4.69, 9.17) is 0 Å². The van der Waals surface area contributed by atoms with Crippen LogP contribution in [0.3, 0.4) is 0 Å². The smallest absolute Gasteiger partial charge is 1.00 e. The molecule has 0 atom stereocenters. The number of fused-ring (bicyclic) bond motifs is 1. The minimum Gasteiger partial charge on any atom is -1.00 e. The normalized spacial score (nSPS) is 10.9. The third-order valence-electron chi connectivity index (χ3n) is 2.58. The Labute approximate surface area is 125 Å². The van der Waals surface area contributed by atoms with Crippen LogP contribution in [-0.2, 0) is 16.5 Å². The molecule has 18 heavy (non-hydrogen) atoms. The van der Waals surface area contributed by atoms with Crippen LogP contribution >= 0.6 is 0 Å². The fourth-order valence-electron chi connectivity index (χ4n) is 1.91. The van der Waals surface area contributed by atoms with Crippen LogP contribution in [0.15, 0.2) is 53.9 Å². The molecule has 5 heteroatoms. The van der Waals surface area contributed by atoms with E-state index in [1.807, 2.05) is 18.2 Å². The van der Waals surface area contributed by atoms with Gasteiger partial charge >= 0.3 is 23.1 Å². The van der Waals surface area contributed by atoms with E-state index >= 15 is 0 Å². The summed E-state index contributed by atoms with van der Waals surface area (Å²) >= 11 is 0. The van der Waals surface area contributed by atoms with E-state index in [0.717, 1.165) is 5.39 Å². The molecule has 0 fully saturated rings. The van der Waals surface area contributed by atoms with Crippen molar-refractivity contribution >= 4 is 43.9 Å². The Kier molecular flexibility index (Phi) is 4.92. The SMILES string of the molecule is C=CCc1ccc2ccccc2c1S(=O)(=O)O.[H-].[H-].[Mg+2]. The molecule has 0 spiro atoms. The molecule has 2 aromatic carbocycles. The molecule has 0 aliphatic carbocycles. The van der Waals surface area contributed by atoms with Crippen LogP contribution < -0.4 is 0 Å². The molecule has 0 unspecified atom stereocenters. The van der Waals surface area contributed by atoms with Crippen molar-refractivity contribution in [3.63, 3.8) is 0 Å². The number of rotatable bonds is 3. The Hall–Kier alpha value is -0.884. The second-order valence-corrected chi connectivity index (χ2v) is 5.10. The van der Waals surface area contributed by atoms with Gasteiger partial charge in [-0.3, -0.25) is 4.55 Å². The van der Waals surface area contributed by atoms with E-state index in [2.05, 4.69) is 6.58 Å². The molecule has 0 aliphatic rings. The quantitative estimate of drug-likeness (QED) is 0.532. The Balaban J connectivity index is 0. The predicted molar refractivity (Wildman–Crippen MR) is 75.6 cm³/mol. The molecule has 2 rings (SSSR count). The van der Waals surface area contributed by atoms with Gasteiger partial charge in [-0.1, -0.05) is 42.5 Å². The van der Waals surface area contributed by atoms with E-state index in [-0.39, 0.29) is 30.8 Å². The molecule has 3 nitrogen and oxygen atoms in total. The monoisotopic (exact) mass is 274 g/mol. The van der Waals surface area contributed by atoms with E-state index < -0.39 is 10.1 Å². The Morgan fingerprint density at radius 3 is 2.50 bits per heavy atom. The molecule has 2 aromatic rings. The number of hydrogen-bond acceptors (Lipinski definition) is 2. The average Bonchev–Trinajstić information content (AvgIpc) is 2.27. The van der Waals surface area contributed by atoms with Crippen LogP contribution in [0.4, 0.5) is 0 Å². The van der Waals surface area contributed by atoms with Crippen molar-refractivity contribution in [3.8, 4) is 0 Å². The van der Waals surface area contributed by atoms with Gasteiger partial charge in [0.15, 0.2) is 0 Å². The van der Waals surface area contributed by atoms with E-state index in [0.29, 0.717) is 17.4 Å². The molecular weight excluding hydrogens is 261 g/mol. The van der Waals surface area contributed by atoms with E-state index in [9.17, 15) is 13.0 Å². The number of benzene rings is 2. The molecule has 0 saturated heterocycles. The van der Waals surface area contributed by atoms with Gasteiger partial charge in [0.25, 0.3) is 10.1 Å². The first kappa shape index (κ1) is 15.2. The topological polar surface area (TPSA) is 54.4 Å². The van der Waals surface area contributed by atoms with Gasteiger partial charge in [0, 0.05) is 5.39 Å². The predicted octanol–water partition coefficient (Wildman–Crippen LogP) is 2.66.